The Kier molecular flexibility index (Phi) is 3.72. The van der Waals surface area contributed by atoms with Gasteiger partial charge in [0.05, 0.1) is 6.42 Å². The minimum atomic E-state index is -0.0429. The Labute approximate surface area is 107 Å². The maximum atomic E-state index is 11.9. The maximum absolute atomic E-state index is 11.9. The smallest absolute Gasteiger partial charge is 0.230 e. The van der Waals surface area contributed by atoms with Crippen molar-refractivity contribution < 1.29 is 4.79 Å². The molecular weight excluding hydrogens is 224 g/mol. The molecule has 18 heavy (non-hydrogen) atoms. The van der Waals surface area contributed by atoms with E-state index >= 15 is 0 Å². The highest BCUT2D eigenvalue weighted by Gasteiger charge is 2.05. The molecule has 0 spiro atoms. The lowest BCUT2D eigenvalue weighted by Gasteiger charge is -2.07. The van der Waals surface area contributed by atoms with E-state index in [-0.39, 0.29) is 5.91 Å². The molecule has 0 saturated carbocycles. The van der Waals surface area contributed by atoms with E-state index < -0.39 is 0 Å². The van der Waals surface area contributed by atoms with Crippen molar-refractivity contribution in [2.45, 2.75) is 20.3 Å². The van der Waals surface area contributed by atoms with Crippen LogP contribution in [0.2, 0.25) is 0 Å². The van der Waals surface area contributed by atoms with Crippen LogP contribution in [-0.4, -0.2) is 10.9 Å². The number of carbonyl (C=O) groups excluding carboxylic acids is 1. The summed E-state index contributed by atoms with van der Waals surface area (Å²) in [5.74, 6) is -0.0429. The number of pyridine rings is 1. The molecule has 0 atom stereocenters. The molecule has 0 radical (unpaired) electrons. The lowest BCUT2D eigenvalue weighted by Crippen LogP contribution is -2.15. The molecule has 0 bridgehead atoms. The highest BCUT2D eigenvalue weighted by atomic mass is 16.1. The molecule has 2 aromatic rings. The lowest BCUT2D eigenvalue weighted by atomic mass is 10.1. The number of aryl methyl sites for hydroxylation is 2. The number of aromatic nitrogens is 1. The van der Waals surface area contributed by atoms with Gasteiger partial charge in [0.25, 0.3) is 0 Å². The first-order valence-electron chi connectivity index (χ1n) is 5.91. The number of hydrogen-bond acceptors (Lipinski definition) is 2. The van der Waals surface area contributed by atoms with Crippen LogP contribution >= 0.6 is 0 Å². The van der Waals surface area contributed by atoms with Crippen LogP contribution in [0.3, 0.4) is 0 Å². The number of carbonyl (C=O) groups is 1. The van der Waals surface area contributed by atoms with Crippen molar-refractivity contribution in [3.63, 3.8) is 0 Å². The van der Waals surface area contributed by atoms with Crippen molar-refractivity contribution >= 4 is 11.6 Å². The van der Waals surface area contributed by atoms with Crippen molar-refractivity contribution in [2.24, 2.45) is 0 Å². The van der Waals surface area contributed by atoms with Gasteiger partial charge in [0.2, 0.25) is 5.91 Å². The van der Waals surface area contributed by atoms with Gasteiger partial charge in [-0.15, -0.1) is 0 Å². The van der Waals surface area contributed by atoms with Gasteiger partial charge >= 0.3 is 0 Å². The SMILES string of the molecule is Cc1cc(C)cc(NC(=O)Cc2ccccn2)c1. The average molecular weight is 240 g/mol. The summed E-state index contributed by atoms with van der Waals surface area (Å²) in [6.07, 6.45) is 1.99. The van der Waals surface area contributed by atoms with Crippen LogP contribution < -0.4 is 5.32 Å². The molecule has 1 amide bonds. The van der Waals surface area contributed by atoms with Crippen molar-refractivity contribution in [3.8, 4) is 0 Å². The lowest BCUT2D eigenvalue weighted by molar-refractivity contribution is -0.115. The van der Waals surface area contributed by atoms with E-state index in [1.807, 2.05) is 44.2 Å². The third-order valence-electron chi connectivity index (χ3n) is 2.57. The second-order valence-corrected chi connectivity index (χ2v) is 4.42. The number of benzene rings is 1. The highest BCUT2D eigenvalue weighted by Crippen LogP contribution is 2.14. The molecule has 0 aliphatic carbocycles. The highest BCUT2D eigenvalue weighted by molar-refractivity contribution is 5.92. The molecular formula is C15H16N2O. The van der Waals surface area contributed by atoms with E-state index in [9.17, 15) is 4.79 Å². The molecule has 1 N–H and O–H groups in total. The fourth-order valence-corrected chi connectivity index (χ4v) is 1.92. The molecule has 0 saturated heterocycles. The van der Waals surface area contributed by atoms with Crippen LogP contribution in [0.4, 0.5) is 5.69 Å². The number of rotatable bonds is 3. The minimum Gasteiger partial charge on any atom is -0.326 e. The van der Waals surface area contributed by atoms with Gasteiger partial charge < -0.3 is 5.32 Å². The molecule has 3 heteroatoms. The van der Waals surface area contributed by atoms with Crippen LogP contribution in [0, 0.1) is 13.8 Å². The Morgan fingerprint density at radius 2 is 1.89 bits per heavy atom. The van der Waals surface area contributed by atoms with E-state index in [2.05, 4.69) is 16.4 Å². The Bertz CT molecular complexity index is 529. The average Bonchev–Trinajstić information content (AvgIpc) is 2.28. The normalized spacial score (nSPS) is 10.1. The van der Waals surface area contributed by atoms with Crippen LogP contribution in [0.1, 0.15) is 16.8 Å². The van der Waals surface area contributed by atoms with Gasteiger partial charge in [0.1, 0.15) is 0 Å². The summed E-state index contributed by atoms with van der Waals surface area (Å²) in [5.41, 5.74) is 3.90. The monoisotopic (exact) mass is 240 g/mol. The summed E-state index contributed by atoms with van der Waals surface area (Å²) in [6.45, 7) is 4.03. The van der Waals surface area contributed by atoms with Crippen molar-refractivity contribution in [1.29, 1.82) is 0 Å². The zero-order valence-electron chi connectivity index (χ0n) is 10.6. The standard InChI is InChI=1S/C15H16N2O/c1-11-7-12(2)9-14(8-11)17-15(18)10-13-5-3-4-6-16-13/h3-9H,10H2,1-2H3,(H,17,18). The van der Waals surface area contributed by atoms with Gasteiger partial charge in [-0.2, -0.15) is 0 Å². The van der Waals surface area contributed by atoms with Gasteiger partial charge in [-0.3, -0.25) is 9.78 Å². The van der Waals surface area contributed by atoms with E-state index in [1.165, 1.54) is 0 Å². The van der Waals surface area contributed by atoms with Gasteiger partial charge in [-0.05, 0) is 49.2 Å². The molecule has 0 aliphatic rings. The van der Waals surface area contributed by atoms with Crippen LogP contribution in [0.5, 0.6) is 0 Å². The number of anilines is 1. The van der Waals surface area contributed by atoms with Crippen LogP contribution in [0.25, 0.3) is 0 Å². The largest absolute Gasteiger partial charge is 0.326 e. The van der Waals surface area contributed by atoms with Gasteiger partial charge in [-0.1, -0.05) is 12.1 Å². The third-order valence-corrected chi connectivity index (χ3v) is 2.57. The van der Waals surface area contributed by atoms with Crippen molar-refractivity contribution in [2.75, 3.05) is 5.32 Å². The Hall–Kier alpha value is -2.16. The second-order valence-electron chi connectivity index (χ2n) is 4.42. The summed E-state index contributed by atoms with van der Waals surface area (Å²) in [7, 11) is 0. The van der Waals surface area contributed by atoms with Crippen LogP contribution in [0.15, 0.2) is 42.6 Å². The van der Waals surface area contributed by atoms with E-state index in [1.54, 1.807) is 6.20 Å². The fourth-order valence-electron chi connectivity index (χ4n) is 1.92. The quantitative estimate of drug-likeness (QED) is 0.896. The zero-order chi connectivity index (χ0) is 13.0. The Balaban J connectivity index is 2.03. The fraction of sp³-hybridized carbons (Fsp3) is 0.200. The van der Waals surface area contributed by atoms with Crippen molar-refractivity contribution in [1.82, 2.24) is 4.98 Å². The summed E-state index contributed by atoms with van der Waals surface area (Å²) >= 11 is 0. The Morgan fingerprint density at radius 3 is 2.50 bits per heavy atom. The number of amides is 1. The van der Waals surface area contributed by atoms with E-state index in [4.69, 9.17) is 0 Å². The zero-order valence-corrected chi connectivity index (χ0v) is 10.6. The first-order chi connectivity index (χ1) is 8.63. The molecule has 0 aliphatic heterocycles. The summed E-state index contributed by atoms with van der Waals surface area (Å²) in [6, 6.07) is 11.6. The second kappa shape index (κ2) is 5.45. The number of nitrogens with one attached hydrogen (secondary N) is 1. The molecule has 92 valence electrons. The van der Waals surface area contributed by atoms with Gasteiger partial charge in [0.15, 0.2) is 0 Å². The van der Waals surface area contributed by atoms with E-state index in [0.29, 0.717) is 6.42 Å². The molecule has 1 heterocycles. The predicted molar refractivity (Wildman–Crippen MR) is 72.5 cm³/mol. The summed E-state index contributed by atoms with van der Waals surface area (Å²) in [4.78, 5) is 16.0. The van der Waals surface area contributed by atoms with Crippen LogP contribution in [-0.2, 0) is 11.2 Å². The molecule has 2 rings (SSSR count). The first kappa shape index (κ1) is 12.3. The van der Waals surface area contributed by atoms with Gasteiger partial charge in [0, 0.05) is 17.6 Å². The number of hydrogen-bond donors (Lipinski definition) is 1. The molecule has 1 aromatic carbocycles. The maximum Gasteiger partial charge on any atom is 0.230 e. The number of nitrogens with zero attached hydrogens (tertiary/aromatic N) is 1. The first-order valence-corrected chi connectivity index (χ1v) is 5.91. The predicted octanol–water partition coefficient (Wildman–Crippen LogP) is 2.88. The minimum absolute atomic E-state index is 0.0429. The van der Waals surface area contributed by atoms with E-state index in [0.717, 1.165) is 22.5 Å². The molecule has 0 unspecified atom stereocenters. The van der Waals surface area contributed by atoms with Gasteiger partial charge in [-0.25, -0.2) is 0 Å². The summed E-state index contributed by atoms with van der Waals surface area (Å²) in [5, 5.41) is 2.89. The topological polar surface area (TPSA) is 42.0 Å². The summed E-state index contributed by atoms with van der Waals surface area (Å²) < 4.78 is 0. The molecule has 1 aromatic heterocycles. The Morgan fingerprint density at radius 1 is 1.17 bits per heavy atom. The molecule has 0 fully saturated rings. The third kappa shape index (κ3) is 3.42. The van der Waals surface area contributed by atoms with Crippen molar-refractivity contribution in [3.05, 3.63) is 59.4 Å². The molecule has 3 nitrogen and oxygen atoms in total.